The Bertz CT molecular complexity index is 797. The third-order valence-corrected chi connectivity index (χ3v) is 6.14. The first kappa shape index (κ1) is 14.3. The molecule has 21 heavy (non-hydrogen) atoms. The maximum absolute atomic E-state index is 13.0. The smallest absolute Gasteiger partial charge is 0.263 e. The maximum Gasteiger partial charge on any atom is 0.263 e. The van der Waals surface area contributed by atoms with Crippen molar-refractivity contribution in [2.24, 2.45) is 0 Å². The normalized spacial score (nSPS) is 15.5. The fourth-order valence-corrected chi connectivity index (χ4v) is 5.02. The number of hydrogen-bond acceptors (Lipinski definition) is 6. The van der Waals surface area contributed by atoms with Gasteiger partial charge in [-0.15, -0.1) is 11.3 Å². The summed E-state index contributed by atoms with van der Waals surface area (Å²) in [5.41, 5.74) is 0. The van der Waals surface area contributed by atoms with Crippen molar-refractivity contribution in [2.45, 2.75) is 30.3 Å². The van der Waals surface area contributed by atoms with Crippen LogP contribution in [-0.4, -0.2) is 41.7 Å². The molecule has 112 valence electrons. The molecule has 1 N–H and O–H groups in total. The van der Waals surface area contributed by atoms with Crippen LogP contribution in [0.15, 0.2) is 16.6 Å². The lowest BCUT2D eigenvalue weighted by Crippen LogP contribution is -2.35. The fraction of sp³-hybridized carbons (Fsp3) is 0.500. The first-order valence-electron chi connectivity index (χ1n) is 6.61. The number of rotatable bonds is 6. The number of hydrogen-bond donors (Lipinski definition) is 1. The molecule has 1 aliphatic rings. The second-order valence-corrected chi connectivity index (χ2v) is 7.51. The van der Waals surface area contributed by atoms with Gasteiger partial charge in [0.25, 0.3) is 10.0 Å². The van der Waals surface area contributed by atoms with Crippen molar-refractivity contribution >= 4 is 32.1 Å². The number of nitriles is 1. The summed E-state index contributed by atoms with van der Waals surface area (Å²) in [5.74, 6) is 0.351. The van der Waals surface area contributed by atoms with Crippen molar-refractivity contribution in [3.63, 3.8) is 0 Å². The molecule has 0 aromatic carbocycles. The van der Waals surface area contributed by atoms with Crippen molar-refractivity contribution in [3.8, 4) is 6.07 Å². The number of anilines is 1. The van der Waals surface area contributed by atoms with E-state index in [9.17, 15) is 8.42 Å². The molecule has 3 rings (SSSR count). The highest BCUT2D eigenvalue weighted by Gasteiger charge is 2.40. The van der Waals surface area contributed by atoms with Crippen LogP contribution in [0.4, 0.5) is 5.82 Å². The fourth-order valence-electron chi connectivity index (χ4n) is 2.31. The summed E-state index contributed by atoms with van der Waals surface area (Å²) in [4.78, 5) is 4.93. The maximum atomic E-state index is 13.0. The monoisotopic (exact) mass is 325 g/mol. The van der Waals surface area contributed by atoms with Crippen LogP contribution < -0.4 is 5.32 Å². The minimum atomic E-state index is -3.68. The molecular formula is C12H15N5O2S2. The Morgan fingerprint density at radius 1 is 1.62 bits per heavy atom. The highest BCUT2D eigenvalue weighted by molar-refractivity contribution is 7.89. The molecule has 0 spiro atoms. The van der Waals surface area contributed by atoms with E-state index >= 15 is 0 Å². The zero-order chi connectivity index (χ0) is 15.0. The van der Waals surface area contributed by atoms with E-state index in [0.717, 1.165) is 12.8 Å². The first-order valence-corrected chi connectivity index (χ1v) is 8.93. The SMILES string of the molecule is CNc1nc2sccn2c1S(=O)(=O)N(CCC#N)C1CC1. The van der Waals surface area contributed by atoms with E-state index in [-0.39, 0.29) is 24.0 Å². The van der Waals surface area contributed by atoms with Gasteiger partial charge in [0.2, 0.25) is 0 Å². The number of nitrogens with zero attached hydrogens (tertiary/aromatic N) is 4. The standard InChI is InChI=1S/C12H15N5O2S2/c1-14-10-11(16-7-8-20-12(16)15-10)21(18,19)17(6-2-5-13)9-3-4-9/h7-9,14H,2-4,6H2,1H3. The summed E-state index contributed by atoms with van der Waals surface area (Å²) in [6.45, 7) is 0.226. The van der Waals surface area contributed by atoms with Gasteiger partial charge in [0, 0.05) is 37.6 Å². The highest BCUT2D eigenvalue weighted by atomic mass is 32.2. The molecule has 1 saturated carbocycles. The highest BCUT2D eigenvalue weighted by Crippen LogP contribution is 2.35. The van der Waals surface area contributed by atoms with Crippen LogP contribution in [0.25, 0.3) is 4.96 Å². The van der Waals surface area contributed by atoms with E-state index in [1.54, 1.807) is 23.0 Å². The third-order valence-electron chi connectivity index (χ3n) is 3.41. The Morgan fingerprint density at radius 2 is 2.38 bits per heavy atom. The number of sulfonamides is 1. The van der Waals surface area contributed by atoms with Gasteiger partial charge in [-0.25, -0.2) is 13.4 Å². The van der Waals surface area contributed by atoms with E-state index < -0.39 is 10.0 Å². The van der Waals surface area contributed by atoms with E-state index in [0.29, 0.717) is 10.8 Å². The molecule has 0 aliphatic heterocycles. The topological polar surface area (TPSA) is 90.5 Å². The molecule has 0 unspecified atom stereocenters. The van der Waals surface area contributed by atoms with Gasteiger partial charge in [-0.3, -0.25) is 4.40 Å². The summed E-state index contributed by atoms with van der Waals surface area (Å²) >= 11 is 1.38. The Hall–Kier alpha value is -1.63. The molecule has 0 atom stereocenters. The van der Waals surface area contributed by atoms with Crippen LogP contribution in [0.2, 0.25) is 0 Å². The number of imidazole rings is 1. The summed E-state index contributed by atoms with van der Waals surface area (Å²) in [7, 11) is -2.02. The summed E-state index contributed by atoms with van der Waals surface area (Å²) in [6, 6.07) is 2.03. The Kier molecular flexibility index (Phi) is 3.61. The predicted molar refractivity (Wildman–Crippen MR) is 79.8 cm³/mol. The van der Waals surface area contributed by atoms with Gasteiger partial charge in [-0.1, -0.05) is 0 Å². The van der Waals surface area contributed by atoms with Crippen molar-refractivity contribution < 1.29 is 8.42 Å². The molecule has 0 amide bonds. The molecule has 1 fully saturated rings. The molecular weight excluding hydrogens is 310 g/mol. The molecule has 0 bridgehead atoms. The molecule has 2 aromatic heterocycles. The van der Waals surface area contributed by atoms with Gasteiger partial charge in [0.05, 0.1) is 6.07 Å². The van der Waals surface area contributed by atoms with Crippen molar-refractivity contribution in [2.75, 3.05) is 18.9 Å². The molecule has 2 aromatic rings. The van der Waals surface area contributed by atoms with Crippen LogP contribution in [0.3, 0.4) is 0 Å². The average Bonchev–Trinajstić information content (AvgIpc) is 3.06. The molecule has 2 heterocycles. The number of fused-ring (bicyclic) bond motifs is 1. The second-order valence-electron chi connectivity index (χ2n) is 4.83. The van der Waals surface area contributed by atoms with Crippen LogP contribution >= 0.6 is 11.3 Å². The quantitative estimate of drug-likeness (QED) is 0.869. The van der Waals surface area contributed by atoms with Crippen molar-refractivity contribution in [3.05, 3.63) is 11.6 Å². The van der Waals surface area contributed by atoms with Crippen LogP contribution in [0, 0.1) is 11.3 Å². The van der Waals surface area contributed by atoms with Gasteiger partial charge < -0.3 is 5.32 Å². The van der Waals surface area contributed by atoms with Gasteiger partial charge in [-0.2, -0.15) is 9.57 Å². The molecule has 1 aliphatic carbocycles. The minimum Gasteiger partial charge on any atom is -0.371 e. The Balaban J connectivity index is 2.10. The Morgan fingerprint density at radius 3 is 3.00 bits per heavy atom. The second kappa shape index (κ2) is 5.29. The van der Waals surface area contributed by atoms with E-state index in [1.165, 1.54) is 15.6 Å². The molecule has 7 nitrogen and oxygen atoms in total. The lowest BCUT2D eigenvalue weighted by molar-refractivity contribution is 0.408. The molecule has 0 radical (unpaired) electrons. The lowest BCUT2D eigenvalue weighted by atomic mass is 10.4. The van der Waals surface area contributed by atoms with Gasteiger partial charge in [-0.05, 0) is 12.8 Å². The summed E-state index contributed by atoms with van der Waals surface area (Å²) in [6.07, 6.45) is 3.60. The summed E-state index contributed by atoms with van der Waals surface area (Å²) < 4.78 is 29.0. The first-order chi connectivity index (χ1) is 10.1. The minimum absolute atomic E-state index is 0.0113. The Labute approximate surface area is 126 Å². The van der Waals surface area contributed by atoms with Gasteiger partial charge in [0.1, 0.15) is 0 Å². The summed E-state index contributed by atoms with van der Waals surface area (Å²) in [5, 5.41) is 13.6. The van der Waals surface area contributed by atoms with Crippen LogP contribution in [0.5, 0.6) is 0 Å². The third kappa shape index (κ3) is 2.39. The molecule has 9 heteroatoms. The predicted octanol–water partition coefficient (Wildman–Crippen LogP) is 1.50. The van der Waals surface area contributed by atoms with Crippen molar-refractivity contribution in [1.29, 1.82) is 5.26 Å². The average molecular weight is 325 g/mol. The number of nitrogens with one attached hydrogen (secondary N) is 1. The zero-order valence-electron chi connectivity index (χ0n) is 11.5. The van der Waals surface area contributed by atoms with E-state index in [1.807, 2.05) is 6.07 Å². The zero-order valence-corrected chi connectivity index (χ0v) is 13.1. The lowest BCUT2D eigenvalue weighted by Gasteiger charge is -2.20. The van der Waals surface area contributed by atoms with E-state index in [4.69, 9.17) is 5.26 Å². The number of aromatic nitrogens is 2. The van der Waals surface area contributed by atoms with Gasteiger partial charge >= 0.3 is 0 Å². The largest absolute Gasteiger partial charge is 0.371 e. The van der Waals surface area contributed by atoms with Gasteiger partial charge in [0.15, 0.2) is 15.8 Å². The number of thiazole rings is 1. The van der Waals surface area contributed by atoms with E-state index in [2.05, 4.69) is 10.3 Å². The van der Waals surface area contributed by atoms with Crippen molar-refractivity contribution in [1.82, 2.24) is 13.7 Å². The molecule has 0 saturated heterocycles. The van der Waals surface area contributed by atoms with Crippen LogP contribution in [0.1, 0.15) is 19.3 Å². The van der Waals surface area contributed by atoms with Crippen LogP contribution in [-0.2, 0) is 10.0 Å².